The summed E-state index contributed by atoms with van der Waals surface area (Å²) in [5.41, 5.74) is -0.473. The molecule has 0 spiro atoms. The quantitative estimate of drug-likeness (QED) is 0.599. The Hall–Kier alpha value is -3.29. The molecule has 4 nitrogen and oxygen atoms in total. The predicted molar refractivity (Wildman–Crippen MR) is 78.6 cm³/mol. The number of benzene rings is 2. The van der Waals surface area contributed by atoms with Gasteiger partial charge in [-0.15, -0.1) is 0 Å². The number of halogens is 7. The Kier molecular flexibility index (Phi) is 5.30. The van der Waals surface area contributed by atoms with Crippen LogP contribution in [0.5, 0.6) is 0 Å². The highest BCUT2D eigenvalue weighted by Crippen LogP contribution is 2.35. The number of hydrogen-bond acceptors (Lipinski definition) is 3. The molecule has 0 fully saturated rings. The predicted octanol–water partition coefficient (Wildman–Crippen LogP) is 4.49. The van der Waals surface area contributed by atoms with Gasteiger partial charge < -0.3 is 0 Å². The van der Waals surface area contributed by atoms with E-state index in [-0.39, 0.29) is 5.56 Å². The minimum atomic E-state index is -4.96. The second-order valence-electron chi connectivity index (χ2n) is 5.14. The fourth-order valence-electron chi connectivity index (χ4n) is 2.04. The normalized spacial score (nSPS) is 11.6. The Balaban J connectivity index is 2.22. The molecule has 0 radical (unpaired) electrons. The lowest BCUT2D eigenvalue weighted by Crippen LogP contribution is -2.30. The fourth-order valence-corrected chi connectivity index (χ4v) is 2.04. The number of carbonyl (C=O) groups excluding carboxylic acids is 1. The van der Waals surface area contributed by atoms with E-state index >= 15 is 0 Å². The molecule has 1 amide bonds. The molecule has 0 unspecified atom stereocenters. The molecule has 2 N–H and O–H groups in total. The molecule has 11 heteroatoms. The lowest BCUT2D eigenvalue weighted by molar-refractivity contribution is -0.140. The molecule has 2 aromatic rings. The van der Waals surface area contributed by atoms with Gasteiger partial charge in [-0.2, -0.15) is 31.6 Å². The number of hydrogen-bond donors (Lipinski definition) is 2. The molecule has 0 bridgehead atoms. The van der Waals surface area contributed by atoms with Crippen LogP contribution >= 0.6 is 0 Å². The third kappa shape index (κ3) is 4.66. The van der Waals surface area contributed by atoms with Crippen LogP contribution in [0.15, 0.2) is 36.4 Å². The molecule has 0 aromatic heterocycles. The van der Waals surface area contributed by atoms with Gasteiger partial charge in [-0.1, -0.05) is 0 Å². The largest absolute Gasteiger partial charge is 0.419 e. The van der Waals surface area contributed by atoms with Crippen molar-refractivity contribution in [2.24, 2.45) is 0 Å². The first-order valence-electron chi connectivity index (χ1n) is 6.98. The molecular weight excluding hydrogens is 383 g/mol. The van der Waals surface area contributed by atoms with Crippen LogP contribution in [0.25, 0.3) is 0 Å². The second-order valence-corrected chi connectivity index (χ2v) is 5.14. The van der Waals surface area contributed by atoms with Crippen molar-refractivity contribution >= 4 is 11.6 Å². The van der Waals surface area contributed by atoms with E-state index < -0.39 is 46.5 Å². The van der Waals surface area contributed by atoms with Crippen LogP contribution in [-0.4, -0.2) is 5.91 Å². The van der Waals surface area contributed by atoms with Crippen molar-refractivity contribution in [2.75, 3.05) is 5.43 Å². The van der Waals surface area contributed by atoms with Crippen LogP contribution in [0.1, 0.15) is 27.0 Å². The fraction of sp³-hybridized carbons (Fsp3) is 0.125. The Morgan fingerprint density at radius 2 is 1.56 bits per heavy atom. The first kappa shape index (κ1) is 20.0. The number of nitrogens with zero attached hydrogens (tertiary/aromatic N) is 1. The third-order valence-corrected chi connectivity index (χ3v) is 3.30. The van der Waals surface area contributed by atoms with Crippen LogP contribution in [0.2, 0.25) is 0 Å². The Labute approximate surface area is 147 Å². The van der Waals surface area contributed by atoms with Crippen LogP contribution < -0.4 is 10.9 Å². The van der Waals surface area contributed by atoms with Gasteiger partial charge in [0.25, 0.3) is 5.91 Å². The molecule has 0 saturated heterocycles. The SMILES string of the molecule is N#Cc1ccc(NNC(=O)c2ccc(C(F)(F)F)c(F)c2)c(C(F)(F)F)c1. The summed E-state index contributed by atoms with van der Waals surface area (Å²) in [7, 11) is 0. The van der Waals surface area contributed by atoms with E-state index in [9.17, 15) is 35.5 Å². The lowest BCUT2D eigenvalue weighted by atomic mass is 10.1. The average Bonchev–Trinajstić information content (AvgIpc) is 2.57. The van der Waals surface area contributed by atoms with Crippen LogP contribution in [-0.2, 0) is 12.4 Å². The van der Waals surface area contributed by atoms with Gasteiger partial charge in [-0.3, -0.25) is 15.6 Å². The first-order valence-corrected chi connectivity index (χ1v) is 6.98. The molecule has 0 atom stereocenters. The minimum Gasteiger partial charge on any atom is -0.298 e. The average molecular weight is 391 g/mol. The number of carbonyl (C=O) groups is 1. The van der Waals surface area contributed by atoms with Gasteiger partial charge in [0, 0.05) is 5.56 Å². The Bertz CT molecular complexity index is 914. The number of hydrazine groups is 1. The summed E-state index contributed by atoms with van der Waals surface area (Å²) in [6.45, 7) is 0. The number of alkyl halides is 6. The topological polar surface area (TPSA) is 64.9 Å². The molecule has 2 rings (SSSR count). The molecular formula is C16H8F7N3O. The highest BCUT2D eigenvalue weighted by molar-refractivity contribution is 5.95. The standard InChI is InChI=1S/C16H8F7N3O/c17-12-6-9(2-3-10(12)15(18,19)20)14(27)26-25-13-4-1-8(7-24)5-11(13)16(21,22)23/h1-6,25H,(H,26,27). The number of nitrogens with one attached hydrogen (secondary N) is 2. The summed E-state index contributed by atoms with van der Waals surface area (Å²) in [6, 6.07) is 5.34. The highest BCUT2D eigenvalue weighted by atomic mass is 19.4. The van der Waals surface area contributed by atoms with Crippen molar-refractivity contribution in [2.45, 2.75) is 12.4 Å². The van der Waals surface area contributed by atoms with Gasteiger partial charge >= 0.3 is 12.4 Å². The summed E-state index contributed by atoms with van der Waals surface area (Å²) in [6.07, 6.45) is -9.80. The van der Waals surface area contributed by atoms with E-state index in [1.165, 1.54) is 6.07 Å². The number of amides is 1. The first-order chi connectivity index (χ1) is 12.4. The van der Waals surface area contributed by atoms with Crippen LogP contribution in [0.3, 0.4) is 0 Å². The van der Waals surface area contributed by atoms with Crippen molar-refractivity contribution in [1.29, 1.82) is 5.26 Å². The third-order valence-electron chi connectivity index (χ3n) is 3.30. The molecule has 0 saturated carbocycles. The van der Waals surface area contributed by atoms with Gasteiger partial charge in [0.15, 0.2) is 0 Å². The summed E-state index contributed by atoms with van der Waals surface area (Å²) in [5.74, 6) is -2.87. The molecule has 142 valence electrons. The van der Waals surface area contributed by atoms with Crippen LogP contribution in [0.4, 0.5) is 36.4 Å². The zero-order valence-electron chi connectivity index (χ0n) is 13.0. The lowest BCUT2D eigenvalue weighted by Gasteiger charge is -2.15. The highest BCUT2D eigenvalue weighted by Gasteiger charge is 2.35. The number of nitriles is 1. The molecule has 0 aliphatic carbocycles. The van der Waals surface area contributed by atoms with Gasteiger partial charge in [-0.25, -0.2) is 4.39 Å². The summed E-state index contributed by atoms with van der Waals surface area (Å²) in [4.78, 5) is 11.9. The molecule has 0 aliphatic rings. The Morgan fingerprint density at radius 1 is 0.926 bits per heavy atom. The van der Waals surface area contributed by atoms with Gasteiger partial charge in [0.1, 0.15) is 5.82 Å². The van der Waals surface area contributed by atoms with E-state index in [0.717, 1.165) is 12.1 Å². The number of rotatable bonds is 3. The van der Waals surface area contributed by atoms with Crippen molar-refractivity contribution in [3.63, 3.8) is 0 Å². The maximum atomic E-state index is 13.5. The van der Waals surface area contributed by atoms with Crippen molar-refractivity contribution in [3.8, 4) is 6.07 Å². The van der Waals surface area contributed by atoms with Gasteiger partial charge in [0.2, 0.25) is 0 Å². The summed E-state index contributed by atoms with van der Waals surface area (Å²) >= 11 is 0. The summed E-state index contributed by atoms with van der Waals surface area (Å²) in [5, 5.41) is 8.67. The monoisotopic (exact) mass is 391 g/mol. The second kappa shape index (κ2) is 7.14. The zero-order valence-corrected chi connectivity index (χ0v) is 13.0. The molecule has 2 aromatic carbocycles. The minimum absolute atomic E-state index is 0.274. The van der Waals surface area contributed by atoms with E-state index in [1.807, 2.05) is 10.9 Å². The maximum absolute atomic E-state index is 13.5. The van der Waals surface area contributed by atoms with E-state index in [4.69, 9.17) is 5.26 Å². The molecule has 0 aliphatic heterocycles. The maximum Gasteiger partial charge on any atom is 0.419 e. The van der Waals surface area contributed by atoms with Crippen molar-refractivity contribution in [3.05, 3.63) is 64.5 Å². The van der Waals surface area contributed by atoms with Gasteiger partial charge in [0.05, 0.1) is 28.4 Å². The van der Waals surface area contributed by atoms with E-state index in [0.29, 0.717) is 24.3 Å². The van der Waals surface area contributed by atoms with E-state index in [1.54, 1.807) is 0 Å². The summed E-state index contributed by atoms with van der Waals surface area (Å²) < 4.78 is 89.9. The Morgan fingerprint density at radius 3 is 2.07 bits per heavy atom. The zero-order chi connectivity index (χ0) is 20.4. The van der Waals surface area contributed by atoms with Gasteiger partial charge in [-0.05, 0) is 36.4 Å². The number of anilines is 1. The smallest absolute Gasteiger partial charge is 0.298 e. The van der Waals surface area contributed by atoms with E-state index in [2.05, 4.69) is 0 Å². The molecule has 0 heterocycles. The van der Waals surface area contributed by atoms with Crippen LogP contribution in [0, 0.1) is 17.1 Å². The van der Waals surface area contributed by atoms with Crippen molar-refractivity contribution in [1.82, 2.24) is 5.43 Å². The molecule has 27 heavy (non-hydrogen) atoms. The van der Waals surface area contributed by atoms with Crippen molar-refractivity contribution < 1.29 is 35.5 Å².